The highest BCUT2D eigenvalue weighted by atomic mass is 31.2. The highest BCUT2D eigenvalue weighted by molar-refractivity contribution is 7.53. The van der Waals surface area contributed by atoms with Crippen LogP contribution in [0.25, 0.3) is 11.2 Å². The van der Waals surface area contributed by atoms with Crippen LogP contribution < -0.4 is 5.73 Å². The third-order valence-corrected chi connectivity index (χ3v) is 6.99. The van der Waals surface area contributed by atoms with E-state index in [9.17, 15) is 9.46 Å². The number of hydrogen-bond acceptors (Lipinski definition) is 7. The molecule has 1 saturated carbocycles. The molecule has 3 N–H and O–H groups in total. The van der Waals surface area contributed by atoms with E-state index in [2.05, 4.69) is 15.0 Å². The molecule has 1 aliphatic rings. The Hall–Kier alpha value is -1.54. The van der Waals surface area contributed by atoms with Crippen LogP contribution in [0, 0.1) is 11.8 Å². The summed E-state index contributed by atoms with van der Waals surface area (Å²) in [6.07, 6.45) is 4.44. The van der Waals surface area contributed by atoms with Gasteiger partial charge < -0.3 is 15.2 Å². The van der Waals surface area contributed by atoms with Gasteiger partial charge in [-0.3, -0.25) is 4.57 Å². The van der Waals surface area contributed by atoms with E-state index in [4.69, 9.17) is 15.3 Å². The van der Waals surface area contributed by atoms with Crippen LogP contribution in [-0.4, -0.2) is 35.7 Å². The summed E-state index contributed by atoms with van der Waals surface area (Å²) in [7, 11) is -3.91. The molecule has 1 aliphatic carbocycles. The van der Waals surface area contributed by atoms with E-state index in [1.54, 1.807) is 10.9 Å². The molecule has 0 amide bonds. The molecule has 3 rings (SSSR count). The molecule has 10 heteroatoms. The number of rotatable bonds is 8. The quantitative estimate of drug-likeness (QED) is 0.405. The Balaban J connectivity index is 1.72. The standard InChI is InChI=1S/C16H26N5O4P/c1-10(2)13(11(3)4)26(22,23)25-24-16(5-6-16)7-21-9-20-12-14(17)18-8-19-15(12)21/h8-11,13H,5-7H2,1-4H3,(H,22,23)(H2,17,18,19). The minimum Gasteiger partial charge on any atom is -0.382 e. The van der Waals surface area contributed by atoms with Crippen molar-refractivity contribution >= 4 is 24.6 Å². The van der Waals surface area contributed by atoms with Gasteiger partial charge in [0.05, 0.1) is 18.5 Å². The molecule has 2 aromatic heterocycles. The Bertz CT molecular complexity index is 825. The normalized spacial score (nSPS) is 18.8. The molecule has 1 fully saturated rings. The van der Waals surface area contributed by atoms with Crippen molar-refractivity contribution in [2.45, 2.75) is 58.3 Å². The van der Waals surface area contributed by atoms with Crippen LogP contribution >= 0.6 is 7.60 Å². The molecule has 0 radical (unpaired) electrons. The van der Waals surface area contributed by atoms with Gasteiger partial charge >= 0.3 is 7.60 Å². The van der Waals surface area contributed by atoms with Crippen LogP contribution in [0.1, 0.15) is 40.5 Å². The van der Waals surface area contributed by atoms with Crippen LogP contribution in [0.2, 0.25) is 0 Å². The van der Waals surface area contributed by atoms with Crippen LogP contribution in [-0.2, 0) is 20.7 Å². The summed E-state index contributed by atoms with van der Waals surface area (Å²) in [6, 6.07) is 0. The van der Waals surface area contributed by atoms with Gasteiger partial charge in [0.15, 0.2) is 11.5 Å². The molecule has 0 saturated heterocycles. The maximum absolute atomic E-state index is 12.7. The zero-order chi connectivity index (χ0) is 19.1. The molecule has 2 heterocycles. The van der Waals surface area contributed by atoms with Gasteiger partial charge in [-0.2, -0.15) is 0 Å². The molecule has 26 heavy (non-hydrogen) atoms. The van der Waals surface area contributed by atoms with Crippen molar-refractivity contribution in [1.29, 1.82) is 0 Å². The van der Waals surface area contributed by atoms with Crippen molar-refractivity contribution in [1.82, 2.24) is 19.5 Å². The maximum Gasteiger partial charge on any atom is 0.359 e. The molecule has 2 aromatic rings. The number of hydrogen-bond donors (Lipinski definition) is 2. The second-order valence-electron chi connectivity index (χ2n) is 7.69. The lowest BCUT2D eigenvalue weighted by Crippen LogP contribution is -2.27. The number of nitrogen functional groups attached to an aromatic ring is 1. The minimum absolute atomic E-state index is 0.00172. The van der Waals surface area contributed by atoms with Crippen molar-refractivity contribution in [2.75, 3.05) is 5.73 Å². The Morgan fingerprint density at radius 3 is 2.50 bits per heavy atom. The van der Waals surface area contributed by atoms with Crippen LogP contribution in [0.4, 0.5) is 5.82 Å². The Kier molecular flexibility index (Phi) is 5.09. The Morgan fingerprint density at radius 1 is 1.27 bits per heavy atom. The predicted octanol–water partition coefficient (Wildman–Crippen LogP) is 2.76. The van der Waals surface area contributed by atoms with Crippen molar-refractivity contribution in [3.05, 3.63) is 12.7 Å². The molecule has 0 aromatic carbocycles. The highest BCUT2D eigenvalue weighted by Crippen LogP contribution is 2.56. The zero-order valence-corrected chi connectivity index (χ0v) is 16.4. The molecule has 0 aliphatic heterocycles. The topological polar surface area (TPSA) is 125 Å². The van der Waals surface area contributed by atoms with Gasteiger partial charge in [-0.1, -0.05) is 27.7 Å². The first-order valence-corrected chi connectivity index (χ1v) is 10.4. The van der Waals surface area contributed by atoms with Gasteiger partial charge in [0, 0.05) is 0 Å². The third-order valence-electron chi connectivity index (χ3n) is 4.76. The molecular weight excluding hydrogens is 357 g/mol. The summed E-state index contributed by atoms with van der Waals surface area (Å²) in [5.41, 5.74) is 5.79. The molecule has 9 nitrogen and oxygen atoms in total. The summed E-state index contributed by atoms with van der Waals surface area (Å²) in [4.78, 5) is 28.2. The van der Waals surface area contributed by atoms with Crippen molar-refractivity contribution in [2.24, 2.45) is 11.8 Å². The number of anilines is 1. The fourth-order valence-electron chi connectivity index (χ4n) is 3.44. The number of nitrogens with two attached hydrogens (primary N) is 1. The summed E-state index contributed by atoms with van der Waals surface area (Å²) in [5.74, 6) is 0.316. The average molecular weight is 383 g/mol. The predicted molar refractivity (Wildman–Crippen MR) is 97.2 cm³/mol. The zero-order valence-electron chi connectivity index (χ0n) is 15.5. The second kappa shape index (κ2) is 6.88. The van der Waals surface area contributed by atoms with Crippen LogP contribution in [0.5, 0.6) is 0 Å². The monoisotopic (exact) mass is 383 g/mol. The summed E-state index contributed by atoms with van der Waals surface area (Å²) in [5, 5.41) is 0. The van der Waals surface area contributed by atoms with E-state index >= 15 is 0 Å². The lowest BCUT2D eigenvalue weighted by molar-refractivity contribution is -0.267. The summed E-state index contributed by atoms with van der Waals surface area (Å²) < 4.78 is 19.6. The summed E-state index contributed by atoms with van der Waals surface area (Å²) in [6.45, 7) is 8.04. The summed E-state index contributed by atoms with van der Waals surface area (Å²) >= 11 is 0. The smallest absolute Gasteiger partial charge is 0.359 e. The SMILES string of the molecule is CC(C)C(C(C)C)P(=O)(O)OOC1(Cn2cnc3c(N)ncnc32)CC1. The first kappa shape index (κ1) is 19.2. The molecule has 0 spiro atoms. The Morgan fingerprint density at radius 2 is 1.92 bits per heavy atom. The van der Waals surface area contributed by atoms with Gasteiger partial charge in [-0.25, -0.2) is 19.8 Å². The fourth-order valence-corrected chi connectivity index (χ4v) is 5.31. The molecule has 0 bridgehead atoms. The van der Waals surface area contributed by atoms with Crippen molar-refractivity contribution in [3.8, 4) is 0 Å². The number of fused-ring (bicyclic) bond motifs is 1. The maximum atomic E-state index is 12.7. The largest absolute Gasteiger partial charge is 0.382 e. The van der Waals surface area contributed by atoms with E-state index in [0.717, 1.165) is 12.8 Å². The first-order valence-electron chi connectivity index (χ1n) is 8.76. The van der Waals surface area contributed by atoms with Gasteiger partial charge in [0.2, 0.25) is 0 Å². The number of nitrogens with zero attached hydrogens (tertiary/aromatic N) is 4. The van der Waals surface area contributed by atoms with Crippen molar-refractivity contribution in [3.63, 3.8) is 0 Å². The van der Waals surface area contributed by atoms with E-state index in [1.807, 2.05) is 27.7 Å². The lowest BCUT2D eigenvalue weighted by Gasteiger charge is -2.29. The van der Waals surface area contributed by atoms with E-state index in [-0.39, 0.29) is 11.8 Å². The lowest BCUT2D eigenvalue weighted by atomic mass is 10.00. The van der Waals surface area contributed by atoms with Gasteiger partial charge in [0.1, 0.15) is 17.4 Å². The minimum atomic E-state index is -3.91. The number of imidazole rings is 1. The highest BCUT2D eigenvalue weighted by Gasteiger charge is 2.49. The molecular formula is C16H26N5O4P. The molecule has 1 atom stereocenters. The van der Waals surface area contributed by atoms with E-state index in [1.165, 1.54) is 6.33 Å². The first-order chi connectivity index (χ1) is 12.2. The Labute approximate surface area is 152 Å². The fraction of sp³-hybridized carbons (Fsp3) is 0.688. The molecule has 144 valence electrons. The van der Waals surface area contributed by atoms with Crippen LogP contribution in [0.3, 0.4) is 0 Å². The number of aromatic nitrogens is 4. The molecule has 1 unspecified atom stereocenters. The van der Waals surface area contributed by atoms with E-state index in [0.29, 0.717) is 23.5 Å². The van der Waals surface area contributed by atoms with Gasteiger partial charge in [0.25, 0.3) is 0 Å². The third kappa shape index (κ3) is 3.76. The van der Waals surface area contributed by atoms with Gasteiger partial charge in [-0.05, 0) is 24.7 Å². The van der Waals surface area contributed by atoms with E-state index < -0.39 is 18.9 Å². The average Bonchev–Trinajstić information content (AvgIpc) is 3.18. The van der Waals surface area contributed by atoms with Crippen LogP contribution in [0.15, 0.2) is 12.7 Å². The van der Waals surface area contributed by atoms with Crippen molar-refractivity contribution < 1.29 is 19.0 Å². The van der Waals surface area contributed by atoms with Gasteiger partial charge in [-0.15, -0.1) is 4.67 Å². The second-order valence-corrected chi connectivity index (χ2v) is 9.56.